The lowest BCUT2D eigenvalue weighted by Gasteiger charge is -2.13. The van der Waals surface area contributed by atoms with Crippen molar-refractivity contribution in [1.29, 1.82) is 0 Å². The zero-order chi connectivity index (χ0) is 20.4. The molecule has 0 spiro atoms. The summed E-state index contributed by atoms with van der Waals surface area (Å²) in [7, 11) is 2.70. The summed E-state index contributed by atoms with van der Waals surface area (Å²) in [6.45, 7) is 0. The molecular weight excluding hydrogens is 385 g/mol. The number of benzene rings is 2. The number of hydrogen-bond acceptors (Lipinski definition) is 4. The largest absolute Gasteiger partial charge is 0.497 e. The molecule has 1 N–H and O–H groups in total. The molecular formula is C16H11F7N2O2. The maximum absolute atomic E-state index is 13.8. The minimum absolute atomic E-state index is 0.248. The molecule has 2 aromatic carbocycles. The number of anilines is 1. The minimum Gasteiger partial charge on any atom is -0.497 e. The molecule has 0 atom stereocenters. The van der Waals surface area contributed by atoms with E-state index in [0.717, 1.165) is 6.21 Å². The van der Waals surface area contributed by atoms with Crippen molar-refractivity contribution in [2.45, 2.75) is 6.18 Å². The number of methoxy groups -OCH3 is 2. The van der Waals surface area contributed by atoms with Crippen molar-refractivity contribution in [2.24, 2.45) is 5.10 Å². The Balaban J connectivity index is 2.41. The first-order chi connectivity index (χ1) is 12.6. The fourth-order valence-electron chi connectivity index (χ4n) is 2.09. The van der Waals surface area contributed by atoms with Gasteiger partial charge in [0.1, 0.15) is 22.7 Å². The highest BCUT2D eigenvalue weighted by Crippen LogP contribution is 2.38. The number of alkyl halides is 3. The van der Waals surface area contributed by atoms with Crippen molar-refractivity contribution in [1.82, 2.24) is 0 Å². The van der Waals surface area contributed by atoms with E-state index in [4.69, 9.17) is 9.47 Å². The number of hydrazone groups is 1. The number of rotatable bonds is 5. The van der Waals surface area contributed by atoms with Gasteiger partial charge in [-0.1, -0.05) is 0 Å². The Morgan fingerprint density at radius 1 is 0.926 bits per heavy atom. The molecule has 0 bridgehead atoms. The first-order valence-electron chi connectivity index (χ1n) is 7.06. The molecule has 0 fully saturated rings. The molecule has 0 saturated heterocycles. The number of halogens is 7. The van der Waals surface area contributed by atoms with E-state index in [9.17, 15) is 30.7 Å². The Morgan fingerprint density at radius 3 is 2.00 bits per heavy atom. The van der Waals surface area contributed by atoms with Crippen LogP contribution in [0.25, 0.3) is 0 Å². The molecule has 146 valence electrons. The summed E-state index contributed by atoms with van der Waals surface area (Å²) >= 11 is 0. The van der Waals surface area contributed by atoms with Gasteiger partial charge in [0.25, 0.3) is 0 Å². The van der Waals surface area contributed by atoms with Gasteiger partial charge in [0, 0.05) is 5.56 Å². The normalized spacial score (nSPS) is 11.7. The first kappa shape index (κ1) is 20.3. The SMILES string of the molecule is COc1ccc(OC)c(/C=N\Nc2c(F)c(F)c(C(F)(F)F)c(F)c2F)c1. The molecule has 0 amide bonds. The Bertz CT molecular complexity index is 853. The van der Waals surface area contributed by atoms with E-state index < -0.39 is 40.7 Å². The molecule has 0 unspecified atom stereocenters. The lowest BCUT2D eigenvalue weighted by molar-refractivity contribution is -0.143. The number of ether oxygens (including phenoxy) is 2. The van der Waals surface area contributed by atoms with Gasteiger partial charge in [-0.25, -0.2) is 17.6 Å². The van der Waals surface area contributed by atoms with Crippen LogP contribution in [0.5, 0.6) is 11.5 Å². The van der Waals surface area contributed by atoms with Gasteiger partial charge in [-0.3, -0.25) is 5.43 Å². The van der Waals surface area contributed by atoms with Crippen LogP contribution in [0.2, 0.25) is 0 Å². The van der Waals surface area contributed by atoms with Crippen molar-refractivity contribution in [2.75, 3.05) is 19.6 Å². The molecule has 0 aliphatic rings. The Labute approximate surface area is 148 Å². The number of nitrogens with zero attached hydrogens (tertiary/aromatic N) is 1. The molecule has 2 aromatic rings. The van der Waals surface area contributed by atoms with Crippen LogP contribution in [0.1, 0.15) is 11.1 Å². The average Bonchev–Trinajstić information content (AvgIpc) is 2.61. The second kappa shape index (κ2) is 7.72. The van der Waals surface area contributed by atoms with Crippen molar-refractivity contribution in [3.8, 4) is 11.5 Å². The Morgan fingerprint density at radius 2 is 1.52 bits per heavy atom. The molecule has 27 heavy (non-hydrogen) atoms. The predicted molar refractivity (Wildman–Crippen MR) is 82.0 cm³/mol. The quantitative estimate of drug-likeness (QED) is 0.344. The van der Waals surface area contributed by atoms with Gasteiger partial charge >= 0.3 is 6.18 Å². The van der Waals surface area contributed by atoms with Gasteiger partial charge in [0.15, 0.2) is 23.3 Å². The minimum atomic E-state index is -5.62. The molecule has 0 aliphatic carbocycles. The van der Waals surface area contributed by atoms with Crippen LogP contribution in [0, 0.1) is 23.3 Å². The maximum atomic E-state index is 13.8. The Kier molecular flexibility index (Phi) is 5.82. The number of nitrogens with one attached hydrogen (secondary N) is 1. The van der Waals surface area contributed by atoms with Crippen molar-refractivity contribution in [3.63, 3.8) is 0 Å². The van der Waals surface area contributed by atoms with Crippen LogP contribution < -0.4 is 14.9 Å². The summed E-state index contributed by atoms with van der Waals surface area (Å²) in [4.78, 5) is 0. The summed E-state index contributed by atoms with van der Waals surface area (Å²) in [5.41, 5.74) is -2.28. The fourth-order valence-corrected chi connectivity index (χ4v) is 2.09. The zero-order valence-corrected chi connectivity index (χ0v) is 13.7. The topological polar surface area (TPSA) is 42.9 Å². The maximum Gasteiger partial charge on any atom is 0.422 e. The smallest absolute Gasteiger partial charge is 0.422 e. The molecule has 2 rings (SSSR count). The summed E-state index contributed by atoms with van der Waals surface area (Å²) < 4.78 is 102. The third-order valence-electron chi connectivity index (χ3n) is 3.36. The third-order valence-corrected chi connectivity index (χ3v) is 3.36. The number of hydrogen-bond donors (Lipinski definition) is 1. The van der Waals surface area contributed by atoms with E-state index >= 15 is 0 Å². The highest BCUT2D eigenvalue weighted by Gasteiger charge is 2.42. The van der Waals surface area contributed by atoms with Crippen LogP contribution in [-0.4, -0.2) is 20.4 Å². The highest BCUT2D eigenvalue weighted by atomic mass is 19.4. The van der Waals surface area contributed by atoms with Gasteiger partial charge in [0.2, 0.25) is 0 Å². The van der Waals surface area contributed by atoms with Crippen LogP contribution in [-0.2, 0) is 6.18 Å². The lowest BCUT2D eigenvalue weighted by atomic mass is 10.1. The average molecular weight is 396 g/mol. The molecule has 0 aromatic heterocycles. The summed E-state index contributed by atoms with van der Waals surface area (Å²) in [5.74, 6) is -9.06. The molecule has 11 heteroatoms. The predicted octanol–water partition coefficient (Wildman–Crippen LogP) is 4.73. The second-order valence-electron chi connectivity index (χ2n) is 4.98. The van der Waals surface area contributed by atoms with E-state index in [-0.39, 0.29) is 11.3 Å². The van der Waals surface area contributed by atoms with Crippen molar-refractivity contribution < 1.29 is 40.2 Å². The summed E-state index contributed by atoms with van der Waals surface area (Å²) in [5, 5.41) is 3.39. The van der Waals surface area contributed by atoms with Gasteiger partial charge in [-0.2, -0.15) is 18.3 Å². The van der Waals surface area contributed by atoms with Crippen molar-refractivity contribution >= 4 is 11.9 Å². The zero-order valence-electron chi connectivity index (χ0n) is 13.7. The van der Waals surface area contributed by atoms with Crippen LogP contribution in [0.3, 0.4) is 0 Å². The molecule has 0 saturated carbocycles. The highest BCUT2D eigenvalue weighted by molar-refractivity contribution is 5.84. The third kappa shape index (κ3) is 4.07. The monoisotopic (exact) mass is 396 g/mol. The van der Waals surface area contributed by atoms with E-state index in [1.807, 2.05) is 0 Å². The van der Waals surface area contributed by atoms with Gasteiger partial charge in [-0.05, 0) is 18.2 Å². The first-order valence-corrected chi connectivity index (χ1v) is 7.06. The molecule has 0 heterocycles. The molecule has 0 radical (unpaired) electrons. The summed E-state index contributed by atoms with van der Waals surface area (Å²) in [6.07, 6.45) is -4.65. The van der Waals surface area contributed by atoms with E-state index in [2.05, 4.69) is 5.10 Å². The standard InChI is InChI=1S/C16H11F7N2O2/c1-26-8-3-4-9(27-2)7(5-8)6-24-25-15-13(19)11(17)10(16(21,22)23)12(18)14(15)20/h3-6,25H,1-2H3/b24-6-. The van der Waals surface area contributed by atoms with E-state index in [1.54, 1.807) is 11.5 Å². The van der Waals surface area contributed by atoms with Gasteiger partial charge < -0.3 is 9.47 Å². The molecule has 4 nitrogen and oxygen atoms in total. The molecule has 0 aliphatic heterocycles. The van der Waals surface area contributed by atoms with Gasteiger partial charge in [0.05, 0.1) is 20.4 Å². The summed E-state index contributed by atoms with van der Waals surface area (Å²) in [6, 6.07) is 4.45. The van der Waals surface area contributed by atoms with Crippen LogP contribution in [0.15, 0.2) is 23.3 Å². The lowest BCUT2D eigenvalue weighted by Crippen LogP contribution is -2.16. The fraction of sp³-hybridized carbons (Fsp3) is 0.188. The van der Waals surface area contributed by atoms with Gasteiger partial charge in [-0.15, -0.1) is 0 Å². The van der Waals surface area contributed by atoms with E-state index in [0.29, 0.717) is 5.75 Å². The second-order valence-corrected chi connectivity index (χ2v) is 4.98. The van der Waals surface area contributed by atoms with Crippen molar-refractivity contribution in [3.05, 3.63) is 52.6 Å². The van der Waals surface area contributed by atoms with E-state index in [1.165, 1.54) is 26.4 Å². The van der Waals surface area contributed by atoms with Crippen LogP contribution >= 0.6 is 0 Å². The van der Waals surface area contributed by atoms with Crippen LogP contribution in [0.4, 0.5) is 36.4 Å². The Hall–Kier alpha value is -2.98.